The largest absolute Gasteiger partial charge is 0.497 e. The van der Waals surface area contributed by atoms with Crippen molar-refractivity contribution in [1.29, 1.82) is 0 Å². The summed E-state index contributed by atoms with van der Waals surface area (Å²) in [5, 5.41) is 1.23. The van der Waals surface area contributed by atoms with Gasteiger partial charge in [0.05, 0.1) is 17.2 Å². The summed E-state index contributed by atoms with van der Waals surface area (Å²) in [6.45, 7) is 0. The van der Waals surface area contributed by atoms with E-state index in [2.05, 4.69) is 18.2 Å². The van der Waals surface area contributed by atoms with Gasteiger partial charge in [-0.15, -0.1) is 0 Å². The number of fused-ring (bicyclic) bond motifs is 1. The molecule has 1 aliphatic rings. The summed E-state index contributed by atoms with van der Waals surface area (Å²) in [5.41, 5.74) is 4.00. The zero-order chi connectivity index (χ0) is 14.1. The highest BCUT2D eigenvalue weighted by molar-refractivity contribution is 6.42. The van der Waals surface area contributed by atoms with Gasteiger partial charge in [-0.3, -0.25) is 0 Å². The van der Waals surface area contributed by atoms with Gasteiger partial charge in [0.15, 0.2) is 0 Å². The first-order valence-electron chi connectivity index (χ1n) is 6.81. The van der Waals surface area contributed by atoms with Crippen molar-refractivity contribution < 1.29 is 4.74 Å². The summed E-state index contributed by atoms with van der Waals surface area (Å²) >= 11 is 12.2. The van der Waals surface area contributed by atoms with E-state index >= 15 is 0 Å². The predicted molar refractivity (Wildman–Crippen MR) is 84.2 cm³/mol. The summed E-state index contributed by atoms with van der Waals surface area (Å²) < 4.78 is 5.36. The van der Waals surface area contributed by atoms with Crippen molar-refractivity contribution in [3.05, 3.63) is 63.1 Å². The van der Waals surface area contributed by atoms with Crippen LogP contribution in [0.15, 0.2) is 36.4 Å². The lowest BCUT2D eigenvalue weighted by Crippen LogP contribution is -2.11. The van der Waals surface area contributed by atoms with E-state index in [0.29, 0.717) is 16.0 Å². The molecule has 0 saturated heterocycles. The van der Waals surface area contributed by atoms with Crippen molar-refractivity contribution in [2.75, 3.05) is 7.11 Å². The summed E-state index contributed by atoms with van der Waals surface area (Å²) in [6.07, 6.45) is 3.47. The van der Waals surface area contributed by atoms with Crippen molar-refractivity contribution >= 4 is 23.2 Å². The third-order valence-corrected chi connectivity index (χ3v) is 4.75. The van der Waals surface area contributed by atoms with Crippen LogP contribution >= 0.6 is 23.2 Å². The predicted octanol–water partition coefficient (Wildman–Crippen LogP) is 5.47. The van der Waals surface area contributed by atoms with Crippen molar-refractivity contribution in [2.45, 2.75) is 25.2 Å². The van der Waals surface area contributed by atoms with E-state index in [4.69, 9.17) is 27.9 Å². The van der Waals surface area contributed by atoms with Crippen LogP contribution in [0.5, 0.6) is 5.75 Å². The van der Waals surface area contributed by atoms with Gasteiger partial charge in [0, 0.05) is 5.92 Å². The second-order valence-corrected chi connectivity index (χ2v) is 6.00. The molecule has 0 heterocycles. The van der Waals surface area contributed by atoms with Gasteiger partial charge < -0.3 is 4.74 Å². The molecular weight excluding hydrogens is 291 g/mol. The molecule has 1 unspecified atom stereocenters. The van der Waals surface area contributed by atoms with Crippen LogP contribution in [0.4, 0.5) is 0 Å². The van der Waals surface area contributed by atoms with Gasteiger partial charge in [0.1, 0.15) is 5.75 Å². The molecule has 0 bridgehead atoms. The van der Waals surface area contributed by atoms with Crippen LogP contribution in [0.2, 0.25) is 10.0 Å². The van der Waals surface area contributed by atoms with Gasteiger partial charge >= 0.3 is 0 Å². The minimum Gasteiger partial charge on any atom is -0.497 e. The zero-order valence-electron chi connectivity index (χ0n) is 11.3. The quantitative estimate of drug-likeness (QED) is 0.715. The number of methoxy groups -OCH3 is 1. The van der Waals surface area contributed by atoms with Gasteiger partial charge in [-0.25, -0.2) is 0 Å². The monoisotopic (exact) mass is 306 g/mol. The third-order valence-electron chi connectivity index (χ3n) is 4.01. The minimum absolute atomic E-state index is 0.378. The van der Waals surface area contributed by atoms with Gasteiger partial charge in [0.2, 0.25) is 0 Å². The Bertz CT molecular complexity index is 637. The average Bonchev–Trinajstić information content (AvgIpc) is 2.49. The Morgan fingerprint density at radius 3 is 2.65 bits per heavy atom. The molecule has 3 rings (SSSR count). The number of rotatable bonds is 2. The molecule has 3 heteroatoms. The third kappa shape index (κ3) is 2.53. The molecule has 1 atom stereocenters. The summed E-state index contributed by atoms with van der Waals surface area (Å²) in [4.78, 5) is 0. The number of benzene rings is 2. The number of hydrogen-bond acceptors (Lipinski definition) is 1. The molecule has 2 aromatic rings. The van der Waals surface area contributed by atoms with E-state index < -0.39 is 0 Å². The van der Waals surface area contributed by atoms with Gasteiger partial charge in [-0.1, -0.05) is 35.3 Å². The highest BCUT2D eigenvalue weighted by atomic mass is 35.5. The maximum absolute atomic E-state index is 6.16. The standard InChI is InChI=1S/C17H16Cl2O/c1-20-13-7-5-11-3-2-4-14(15(11)10-13)12-6-8-16(18)17(19)9-12/h5-10,14H,2-4H2,1H3. The Kier molecular flexibility index (Phi) is 3.91. The first kappa shape index (κ1) is 13.8. The fourth-order valence-corrected chi connectivity index (χ4v) is 3.29. The molecule has 0 radical (unpaired) electrons. The fourth-order valence-electron chi connectivity index (χ4n) is 2.98. The maximum atomic E-state index is 6.16. The van der Waals surface area contributed by atoms with Crippen LogP contribution in [-0.2, 0) is 6.42 Å². The lowest BCUT2D eigenvalue weighted by molar-refractivity contribution is 0.413. The number of aryl methyl sites for hydroxylation is 1. The highest BCUT2D eigenvalue weighted by Gasteiger charge is 2.22. The Labute approximate surface area is 129 Å². The summed E-state index contributed by atoms with van der Waals surface area (Å²) in [7, 11) is 1.71. The normalized spacial score (nSPS) is 17.6. The van der Waals surface area contributed by atoms with Crippen LogP contribution in [0.25, 0.3) is 0 Å². The van der Waals surface area contributed by atoms with Crippen molar-refractivity contribution in [3.8, 4) is 5.75 Å². The molecule has 20 heavy (non-hydrogen) atoms. The number of ether oxygens (including phenoxy) is 1. The first-order valence-corrected chi connectivity index (χ1v) is 7.56. The zero-order valence-corrected chi connectivity index (χ0v) is 12.8. The first-order chi connectivity index (χ1) is 9.69. The molecule has 1 nitrogen and oxygen atoms in total. The van der Waals surface area contributed by atoms with Crippen LogP contribution in [0, 0.1) is 0 Å². The van der Waals surface area contributed by atoms with Crippen LogP contribution in [0.1, 0.15) is 35.4 Å². The Balaban J connectivity index is 2.06. The van der Waals surface area contributed by atoms with Gasteiger partial charge in [-0.05, 0) is 60.2 Å². The minimum atomic E-state index is 0.378. The van der Waals surface area contributed by atoms with Gasteiger partial charge in [-0.2, -0.15) is 0 Å². The molecule has 1 aliphatic carbocycles. The van der Waals surface area contributed by atoms with E-state index in [-0.39, 0.29) is 0 Å². The van der Waals surface area contributed by atoms with Crippen molar-refractivity contribution in [1.82, 2.24) is 0 Å². The van der Waals surface area contributed by atoms with E-state index in [1.807, 2.05) is 18.2 Å². The molecular formula is C17H16Cl2O. The van der Waals surface area contributed by atoms with E-state index in [1.54, 1.807) is 7.11 Å². The molecule has 0 aliphatic heterocycles. The van der Waals surface area contributed by atoms with Crippen LogP contribution in [-0.4, -0.2) is 7.11 Å². The lowest BCUT2D eigenvalue weighted by atomic mass is 9.79. The molecule has 0 fully saturated rings. The molecule has 0 spiro atoms. The van der Waals surface area contributed by atoms with Crippen molar-refractivity contribution in [2.24, 2.45) is 0 Å². The summed E-state index contributed by atoms with van der Waals surface area (Å²) in [6, 6.07) is 12.3. The fraction of sp³-hybridized carbons (Fsp3) is 0.294. The van der Waals surface area contributed by atoms with E-state index in [0.717, 1.165) is 18.6 Å². The molecule has 0 N–H and O–H groups in total. The second kappa shape index (κ2) is 5.67. The molecule has 104 valence electrons. The highest BCUT2D eigenvalue weighted by Crippen LogP contribution is 2.39. The maximum Gasteiger partial charge on any atom is 0.119 e. The number of halogens is 2. The second-order valence-electron chi connectivity index (χ2n) is 5.18. The average molecular weight is 307 g/mol. The van der Waals surface area contributed by atoms with Crippen molar-refractivity contribution in [3.63, 3.8) is 0 Å². The summed E-state index contributed by atoms with van der Waals surface area (Å²) in [5.74, 6) is 1.29. The molecule has 0 saturated carbocycles. The Morgan fingerprint density at radius 1 is 1.05 bits per heavy atom. The Morgan fingerprint density at radius 2 is 1.90 bits per heavy atom. The molecule has 0 amide bonds. The lowest BCUT2D eigenvalue weighted by Gasteiger charge is -2.26. The van der Waals surface area contributed by atoms with E-state index in [1.165, 1.54) is 23.1 Å². The smallest absolute Gasteiger partial charge is 0.119 e. The SMILES string of the molecule is COc1ccc2c(c1)C(c1ccc(Cl)c(Cl)c1)CCC2. The van der Waals surface area contributed by atoms with Gasteiger partial charge in [0.25, 0.3) is 0 Å². The molecule has 0 aromatic heterocycles. The van der Waals surface area contributed by atoms with Crippen LogP contribution in [0.3, 0.4) is 0 Å². The number of hydrogen-bond donors (Lipinski definition) is 0. The molecule has 2 aromatic carbocycles. The van der Waals surface area contributed by atoms with E-state index in [9.17, 15) is 0 Å². The topological polar surface area (TPSA) is 9.23 Å². The Hall–Kier alpha value is -1.18. The van der Waals surface area contributed by atoms with Crippen LogP contribution < -0.4 is 4.74 Å².